The molecule has 0 saturated heterocycles. The molecule has 1 unspecified atom stereocenters. The number of carboxylic acids is 1. The Hall–Kier alpha value is -2.21. The number of aromatic carboxylic acids is 1. The zero-order valence-corrected chi connectivity index (χ0v) is 9.46. The second-order valence-corrected chi connectivity index (χ2v) is 4.17. The lowest BCUT2D eigenvalue weighted by atomic mass is 9.96. The SMILES string of the molecule is O=C(O)c1noc(C2Cc3ccccc3CN2)n1. The highest BCUT2D eigenvalue weighted by Gasteiger charge is 2.25. The van der Waals surface area contributed by atoms with E-state index in [1.807, 2.05) is 12.1 Å². The topological polar surface area (TPSA) is 88.2 Å². The molecule has 1 atom stereocenters. The number of carboxylic acid groups (broad SMARTS) is 1. The summed E-state index contributed by atoms with van der Waals surface area (Å²) in [4.78, 5) is 14.6. The molecule has 2 N–H and O–H groups in total. The first-order valence-corrected chi connectivity index (χ1v) is 5.61. The van der Waals surface area contributed by atoms with Crippen LogP contribution < -0.4 is 5.32 Å². The minimum Gasteiger partial charge on any atom is -0.475 e. The third kappa shape index (κ3) is 1.86. The molecule has 1 aliphatic rings. The van der Waals surface area contributed by atoms with Crippen molar-refractivity contribution in [2.45, 2.75) is 19.0 Å². The van der Waals surface area contributed by atoms with E-state index < -0.39 is 5.97 Å². The standard InChI is InChI=1S/C12H11N3O3/c16-12(17)10-14-11(18-15-10)9-5-7-3-1-2-4-8(7)6-13-9/h1-4,9,13H,5-6H2,(H,16,17). The van der Waals surface area contributed by atoms with Crippen LogP contribution >= 0.6 is 0 Å². The maximum atomic E-state index is 10.7. The Morgan fingerprint density at radius 1 is 1.39 bits per heavy atom. The molecule has 2 heterocycles. The van der Waals surface area contributed by atoms with E-state index in [-0.39, 0.29) is 11.9 Å². The molecule has 0 saturated carbocycles. The Bertz CT molecular complexity index is 594. The first kappa shape index (κ1) is 10.9. The van der Waals surface area contributed by atoms with Gasteiger partial charge >= 0.3 is 5.97 Å². The minimum absolute atomic E-state index is 0.125. The fraction of sp³-hybridized carbons (Fsp3) is 0.250. The maximum Gasteiger partial charge on any atom is 0.377 e. The molecule has 2 aromatic rings. The molecular weight excluding hydrogens is 234 g/mol. The van der Waals surface area contributed by atoms with E-state index in [1.165, 1.54) is 11.1 Å². The van der Waals surface area contributed by atoms with E-state index in [1.54, 1.807) is 0 Å². The summed E-state index contributed by atoms with van der Waals surface area (Å²) in [5.74, 6) is -1.16. The predicted octanol–water partition coefficient (Wildman–Crippen LogP) is 1.15. The first-order chi connectivity index (χ1) is 8.74. The number of benzene rings is 1. The molecule has 1 aliphatic heterocycles. The molecule has 18 heavy (non-hydrogen) atoms. The number of hydrogen-bond acceptors (Lipinski definition) is 5. The predicted molar refractivity (Wildman–Crippen MR) is 61.0 cm³/mol. The largest absolute Gasteiger partial charge is 0.475 e. The fourth-order valence-electron chi connectivity index (χ4n) is 2.09. The summed E-state index contributed by atoms with van der Waals surface area (Å²) >= 11 is 0. The van der Waals surface area contributed by atoms with E-state index >= 15 is 0 Å². The van der Waals surface area contributed by atoms with Crippen LogP contribution in [0, 0.1) is 0 Å². The summed E-state index contributed by atoms with van der Waals surface area (Å²) in [6.07, 6.45) is 0.720. The van der Waals surface area contributed by atoms with E-state index in [9.17, 15) is 4.79 Å². The van der Waals surface area contributed by atoms with Crippen LogP contribution in [0.15, 0.2) is 28.8 Å². The van der Waals surface area contributed by atoms with Gasteiger partial charge < -0.3 is 14.9 Å². The van der Waals surface area contributed by atoms with Gasteiger partial charge in [-0.2, -0.15) is 4.98 Å². The molecule has 92 valence electrons. The van der Waals surface area contributed by atoms with E-state index in [0.717, 1.165) is 6.42 Å². The molecular formula is C12H11N3O3. The number of carbonyl (C=O) groups is 1. The van der Waals surface area contributed by atoms with Crippen LogP contribution in [0.5, 0.6) is 0 Å². The van der Waals surface area contributed by atoms with Gasteiger partial charge in [0.15, 0.2) is 0 Å². The van der Waals surface area contributed by atoms with E-state index in [0.29, 0.717) is 12.4 Å². The summed E-state index contributed by atoms with van der Waals surface area (Å²) in [6.45, 7) is 0.714. The number of aromatic nitrogens is 2. The van der Waals surface area contributed by atoms with Gasteiger partial charge in [-0.1, -0.05) is 24.3 Å². The Morgan fingerprint density at radius 2 is 2.17 bits per heavy atom. The molecule has 0 fully saturated rings. The molecule has 6 heteroatoms. The Morgan fingerprint density at radius 3 is 2.89 bits per heavy atom. The molecule has 3 rings (SSSR count). The minimum atomic E-state index is -1.18. The van der Waals surface area contributed by atoms with Gasteiger partial charge in [-0.3, -0.25) is 0 Å². The van der Waals surface area contributed by atoms with Crippen molar-refractivity contribution in [2.24, 2.45) is 0 Å². The summed E-state index contributed by atoms with van der Waals surface area (Å²) in [6, 6.07) is 7.97. The molecule has 1 aromatic carbocycles. The van der Waals surface area contributed by atoms with Gasteiger partial charge in [0.05, 0.1) is 6.04 Å². The summed E-state index contributed by atoms with van der Waals surface area (Å²) in [5, 5.41) is 15.4. The van der Waals surface area contributed by atoms with Gasteiger partial charge in [-0.05, 0) is 22.7 Å². The van der Waals surface area contributed by atoms with Crippen molar-refractivity contribution in [1.82, 2.24) is 15.5 Å². The lowest BCUT2D eigenvalue weighted by Gasteiger charge is -2.23. The van der Waals surface area contributed by atoms with Gasteiger partial charge in [0.25, 0.3) is 5.82 Å². The number of nitrogens with one attached hydrogen (secondary N) is 1. The molecule has 6 nitrogen and oxygen atoms in total. The molecule has 0 radical (unpaired) electrons. The van der Waals surface area contributed by atoms with Gasteiger partial charge in [0.2, 0.25) is 5.89 Å². The lowest BCUT2D eigenvalue weighted by molar-refractivity contribution is 0.0680. The molecule has 0 aliphatic carbocycles. The third-order valence-electron chi connectivity index (χ3n) is 3.01. The lowest BCUT2D eigenvalue weighted by Crippen LogP contribution is -2.28. The van der Waals surface area contributed by atoms with Crippen LogP contribution in [0.3, 0.4) is 0 Å². The maximum absolute atomic E-state index is 10.7. The highest BCUT2D eigenvalue weighted by molar-refractivity contribution is 5.82. The van der Waals surface area contributed by atoms with Crippen molar-refractivity contribution < 1.29 is 14.4 Å². The molecule has 0 spiro atoms. The summed E-state index contributed by atoms with van der Waals surface area (Å²) in [7, 11) is 0. The second-order valence-electron chi connectivity index (χ2n) is 4.17. The molecule has 1 aromatic heterocycles. The van der Waals surface area contributed by atoms with Crippen molar-refractivity contribution >= 4 is 5.97 Å². The third-order valence-corrected chi connectivity index (χ3v) is 3.01. The van der Waals surface area contributed by atoms with Crippen LogP contribution in [-0.2, 0) is 13.0 Å². The Kier molecular flexibility index (Phi) is 2.56. The normalized spacial score (nSPS) is 18.3. The number of hydrogen-bond donors (Lipinski definition) is 2. The smallest absolute Gasteiger partial charge is 0.377 e. The van der Waals surface area contributed by atoms with Crippen LogP contribution in [0.1, 0.15) is 33.7 Å². The quantitative estimate of drug-likeness (QED) is 0.825. The van der Waals surface area contributed by atoms with Crippen LogP contribution in [0.2, 0.25) is 0 Å². The molecule has 0 amide bonds. The van der Waals surface area contributed by atoms with Crippen LogP contribution in [0.4, 0.5) is 0 Å². The average molecular weight is 245 g/mol. The summed E-state index contributed by atoms with van der Waals surface area (Å²) < 4.78 is 4.98. The van der Waals surface area contributed by atoms with Crippen molar-refractivity contribution in [1.29, 1.82) is 0 Å². The number of nitrogens with zero attached hydrogens (tertiary/aromatic N) is 2. The molecule has 0 bridgehead atoms. The van der Waals surface area contributed by atoms with Crippen molar-refractivity contribution in [2.75, 3.05) is 0 Å². The highest BCUT2D eigenvalue weighted by atomic mass is 16.5. The first-order valence-electron chi connectivity index (χ1n) is 5.61. The number of fused-ring (bicyclic) bond motifs is 1. The van der Waals surface area contributed by atoms with Crippen molar-refractivity contribution in [3.05, 3.63) is 47.1 Å². The summed E-state index contributed by atoms with van der Waals surface area (Å²) in [5.41, 5.74) is 2.46. The van der Waals surface area contributed by atoms with Gasteiger partial charge in [0, 0.05) is 6.54 Å². The van der Waals surface area contributed by atoms with Crippen molar-refractivity contribution in [3.8, 4) is 0 Å². The Balaban J connectivity index is 1.85. The van der Waals surface area contributed by atoms with Gasteiger partial charge in [0.1, 0.15) is 0 Å². The zero-order valence-electron chi connectivity index (χ0n) is 9.46. The van der Waals surface area contributed by atoms with E-state index in [4.69, 9.17) is 9.63 Å². The van der Waals surface area contributed by atoms with Crippen LogP contribution in [-0.4, -0.2) is 21.2 Å². The monoisotopic (exact) mass is 245 g/mol. The van der Waals surface area contributed by atoms with Gasteiger partial charge in [-0.15, -0.1) is 0 Å². The van der Waals surface area contributed by atoms with Gasteiger partial charge in [-0.25, -0.2) is 4.79 Å². The average Bonchev–Trinajstić information content (AvgIpc) is 2.88. The Labute approximate surface area is 103 Å². The fourth-order valence-corrected chi connectivity index (χ4v) is 2.09. The van der Waals surface area contributed by atoms with Crippen LogP contribution in [0.25, 0.3) is 0 Å². The highest BCUT2D eigenvalue weighted by Crippen LogP contribution is 2.24. The zero-order chi connectivity index (χ0) is 12.5. The second kappa shape index (κ2) is 4.23. The van der Waals surface area contributed by atoms with E-state index in [2.05, 4.69) is 27.6 Å². The number of rotatable bonds is 2. The van der Waals surface area contributed by atoms with Crippen molar-refractivity contribution in [3.63, 3.8) is 0 Å².